The van der Waals surface area contributed by atoms with E-state index in [0.29, 0.717) is 18.0 Å². The Morgan fingerprint density at radius 3 is 2.39 bits per heavy atom. The van der Waals surface area contributed by atoms with Gasteiger partial charge in [0.2, 0.25) is 0 Å². The Hall–Kier alpha value is -2.82. The van der Waals surface area contributed by atoms with Crippen LogP contribution in [-0.2, 0) is 0 Å². The number of anilines is 1. The average Bonchev–Trinajstić information content (AvgIpc) is 2.54. The second-order valence-electron chi connectivity index (χ2n) is 5.11. The third kappa shape index (κ3) is 5.47. The minimum atomic E-state index is -0.250. The molecule has 0 unspecified atom stereocenters. The molecule has 120 valence electrons. The Labute approximate surface area is 135 Å². The number of amides is 2. The summed E-state index contributed by atoms with van der Waals surface area (Å²) in [6.07, 6.45) is 3.72. The molecule has 2 aromatic carbocycles. The van der Waals surface area contributed by atoms with E-state index in [-0.39, 0.29) is 11.8 Å². The van der Waals surface area contributed by atoms with Crippen molar-refractivity contribution in [1.29, 1.82) is 0 Å². The van der Waals surface area contributed by atoms with Crippen LogP contribution in [0.15, 0.2) is 54.6 Å². The molecule has 0 fully saturated rings. The molecule has 0 aliphatic rings. The first-order valence-electron chi connectivity index (χ1n) is 7.18. The maximum Gasteiger partial charge on any atom is 0.321 e. The minimum absolute atomic E-state index is 0.180. The maximum absolute atomic E-state index is 12.8. The molecular weight excluding hydrogens is 295 g/mol. The lowest BCUT2D eigenvalue weighted by Crippen LogP contribution is -2.27. The summed E-state index contributed by atoms with van der Waals surface area (Å²) < 4.78 is 18.3. The van der Waals surface area contributed by atoms with Crippen molar-refractivity contribution in [3.8, 4) is 5.75 Å². The summed E-state index contributed by atoms with van der Waals surface area (Å²) in [7, 11) is 3.36. The third-order valence-corrected chi connectivity index (χ3v) is 3.04. The summed E-state index contributed by atoms with van der Waals surface area (Å²) in [6, 6.07) is 13.2. The smallest absolute Gasteiger partial charge is 0.321 e. The lowest BCUT2D eigenvalue weighted by atomic mass is 10.2. The van der Waals surface area contributed by atoms with Crippen molar-refractivity contribution >= 4 is 17.8 Å². The molecule has 0 aromatic heterocycles. The average molecular weight is 314 g/mol. The largest absolute Gasteiger partial charge is 0.490 e. The van der Waals surface area contributed by atoms with Crippen molar-refractivity contribution in [2.24, 2.45) is 0 Å². The monoisotopic (exact) mass is 314 g/mol. The molecule has 0 atom stereocenters. The van der Waals surface area contributed by atoms with Gasteiger partial charge in [-0.3, -0.25) is 0 Å². The van der Waals surface area contributed by atoms with Crippen molar-refractivity contribution in [2.45, 2.75) is 0 Å². The van der Waals surface area contributed by atoms with Crippen molar-refractivity contribution in [3.63, 3.8) is 0 Å². The zero-order valence-electron chi connectivity index (χ0n) is 13.1. The van der Waals surface area contributed by atoms with Crippen LogP contribution in [0.5, 0.6) is 5.75 Å². The molecule has 23 heavy (non-hydrogen) atoms. The molecule has 2 amide bonds. The number of carbonyl (C=O) groups is 1. The standard InChI is InChI=1S/C18H19FN2O2/c1-21(2)18(22)20-16-9-11-17(12-10-16)23-13-3-4-14-5-7-15(19)8-6-14/h3-12H,13H2,1-2H3,(H,20,22)/b4-3+. The van der Waals surface area contributed by atoms with E-state index in [0.717, 1.165) is 5.56 Å². The lowest BCUT2D eigenvalue weighted by molar-refractivity contribution is 0.230. The fourth-order valence-electron chi connectivity index (χ4n) is 1.77. The summed E-state index contributed by atoms with van der Waals surface area (Å²) in [5.74, 6) is 0.455. The highest BCUT2D eigenvalue weighted by atomic mass is 19.1. The number of rotatable bonds is 5. The van der Waals surface area contributed by atoms with Gasteiger partial charge in [-0.2, -0.15) is 0 Å². The molecule has 0 saturated heterocycles. The molecule has 5 heteroatoms. The number of hydrogen-bond donors (Lipinski definition) is 1. The molecule has 0 aliphatic heterocycles. The molecule has 2 aromatic rings. The van der Waals surface area contributed by atoms with Gasteiger partial charge in [0.15, 0.2) is 0 Å². The van der Waals surface area contributed by atoms with E-state index in [2.05, 4.69) is 5.32 Å². The van der Waals surface area contributed by atoms with Gasteiger partial charge in [0.25, 0.3) is 0 Å². The zero-order chi connectivity index (χ0) is 16.7. The van der Waals surface area contributed by atoms with Gasteiger partial charge in [-0.25, -0.2) is 9.18 Å². The maximum atomic E-state index is 12.8. The van der Waals surface area contributed by atoms with Crippen LogP contribution in [0.1, 0.15) is 5.56 Å². The molecule has 0 radical (unpaired) electrons. The van der Waals surface area contributed by atoms with Crippen LogP contribution < -0.4 is 10.1 Å². The highest BCUT2D eigenvalue weighted by Crippen LogP contribution is 2.16. The predicted octanol–water partition coefficient (Wildman–Crippen LogP) is 4.01. The van der Waals surface area contributed by atoms with Gasteiger partial charge < -0.3 is 15.0 Å². The highest BCUT2D eigenvalue weighted by Gasteiger charge is 2.03. The van der Waals surface area contributed by atoms with E-state index in [4.69, 9.17) is 4.74 Å². The molecular formula is C18H19FN2O2. The van der Waals surface area contributed by atoms with Crippen LogP contribution in [0.4, 0.5) is 14.9 Å². The number of ether oxygens (including phenoxy) is 1. The Kier molecular flexibility index (Phi) is 5.74. The molecule has 0 bridgehead atoms. The first-order valence-corrected chi connectivity index (χ1v) is 7.18. The lowest BCUT2D eigenvalue weighted by Gasteiger charge is -2.12. The number of carbonyl (C=O) groups excluding carboxylic acids is 1. The van der Waals surface area contributed by atoms with Crippen LogP contribution in [0.2, 0.25) is 0 Å². The van der Waals surface area contributed by atoms with Crippen LogP contribution in [0.3, 0.4) is 0 Å². The summed E-state index contributed by atoms with van der Waals surface area (Å²) in [5.41, 5.74) is 1.62. The molecule has 0 heterocycles. The number of benzene rings is 2. The van der Waals surface area contributed by atoms with E-state index in [1.54, 1.807) is 50.5 Å². The fourth-order valence-corrected chi connectivity index (χ4v) is 1.77. The van der Waals surface area contributed by atoms with Gasteiger partial charge in [-0.05, 0) is 48.0 Å². The summed E-state index contributed by atoms with van der Waals surface area (Å²) in [4.78, 5) is 13.0. The second-order valence-corrected chi connectivity index (χ2v) is 5.11. The molecule has 0 aliphatic carbocycles. The third-order valence-electron chi connectivity index (χ3n) is 3.04. The zero-order valence-corrected chi connectivity index (χ0v) is 13.1. The first kappa shape index (κ1) is 16.5. The van der Waals surface area contributed by atoms with Crippen molar-refractivity contribution in [2.75, 3.05) is 26.0 Å². The van der Waals surface area contributed by atoms with Gasteiger partial charge in [0, 0.05) is 19.8 Å². The Morgan fingerprint density at radius 2 is 1.78 bits per heavy atom. The highest BCUT2D eigenvalue weighted by molar-refractivity contribution is 5.88. The normalized spacial score (nSPS) is 10.6. The van der Waals surface area contributed by atoms with Crippen LogP contribution >= 0.6 is 0 Å². The molecule has 2 rings (SSSR count). The van der Waals surface area contributed by atoms with E-state index < -0.39 is 0 Å². The fraction of sp³-hybridized carbons (Fsp3) is 0.167. The minimum Gasteiger partial charge on any atom is -0.490 e. The quantitative estimate of drug-likeness (QED) is 0.906. The topological polar surface area (TPSA) is 41.6 Å². The summed E-state index contributed by atoms with van der Waals surface area (Å²) in [5, 5.41) is 2.75. The van der Waals surface area contributed by atoms with E-state index in [1.807, 2.05) is 12.2 Å². The van der Waals surface area contributed by atoms with Gasteiger partial charge in [0.05, 0.1) is 0 Å². The van der Waals surface area contributed by atoms with Crippen molar-refractivity contribution in [1.82, 2.24) is 4.90 Å². The Morgan fingerprint density at radius 1 is 1.13 bits per heavy atom. The summed E-state index contributed by atoms with van der Waals surface area (Å²) in [6.45, 7) is 0.404. The van der Waals surface area contributed by atoms with Gasteiger partial charge in [0.1, 0.15) is 18.2 Å². The Bertz CT molecular complexity index is 664. The van der Waals surface area contributed by atoms with Gasteiger partial charge in [-0.1, -0.05) is 18.2 Å². The predicted molar refractivity (Wildman–Crippen MR) is 90.1 cm³/mol. The SMILES string of the molecule is CN(C)C(=O)Nc1ccc(OC/C=C/c2ccc(F)cc2)cc1. The molecule has 0 spiro atoms. The number of nitrogens with one attached hydrogen (secondary N) is 1. The number of urea groups is 1. The Balaban J connectivity index is 1.82. The van der Waals surface area contributed by atoms with Gasteiger partial charge >= 0.3 is 6.03 Å². The number of halogens is 1. The van der Waals surface area contributed by atoms with Crippen molar-refractivity contribution in [3.05, 3.63) is 66.0 Å². The number of hydrogen-bond acceptors (Lipinski definition) is 2. The van der Waals surface area contributed by atoms with E-state index >= 15 is 0 Å². The molecule has 0 saturated carbocycles. The molecule has 4 nitrogen and oxygen atoms in total. The van der Waals surface area contributed by atoms with Crippen LogP contribution in [-0.4, -0.2) is 31.6 Å². The van der Waals surface area contributed by atoms with E-state index in [1.165, 1.54) is 17.0 Å². The molecule has 1 N–H and O–H groups in total. The van der Waals surface area contributed by atoms with E-state index in [9.17, 15) is 9.18 Å². The van der Waals surface area contributed by atoms with Crippen molar-refractivity contribution < 1.29 is 13.9 Å². The second kappa shape index (κ2) is 7.98. The summed E-state index contributed by atoms with van der Waals surface area (Å²) >= 11 is 0. The first-order chi connectivity index (χ1) is 11.0. The van der Waals surface area contributed by atoms with Crippen LogP contribution in [0.25, 0.3) is 6.08 Å². The van der Waals surface area contributed by atoms with Crippen LogP contribution in [0, 0.1) is 5.82 Å². The number of nitrogens with zero attached hydrogens (tertiary/aromatic N) is 1. The van der Waals surface area contributed by atoms with Gasteiger partial charge in [-0.15, -0.1) is 0 Å².